The maximum atomic E-state index is 13.3. The number of anilines is 1. The van der Waals surface area contributed by atoms with Crippen LogP contribution in [0.2, 0.25) is 0 Å². The van der Waals surface area contributed by atoms with Gasteiger partial charge in [0, 0.05) is 60.0 Å². The zero-order chi connectivity index (χ0) is 56.5. The minimum Gasteiger partial charge on any atom is -0.478 e. The molecule has 1 aromatic heterocycles. The van der Waals surface area contributed by atoms with E-state index < -0.39 is 134 Å². The van der Waals surface area contributed by atoms with Crippen molar-refractivity contribution < 1.29 is 98.0 Å². The van der Waals surface area contributed by atoms with Gasteiger partial charge in [-0.1, -0.05) is 23.4 Å². The Bertz CT molecular complexity index is 3820. The van der Waals surface area contributed by atoms with Crippen LogP contribution in [0, 0.1) is 5.41 Å². The summed E-state index contributed by atoms with van der Waals surface area (Å²) in [5.74, 6) is -4.94. The largest absolute Gasteiger partial charge is 0.478 e. The van der Waals surface area contributed by atoms with Gasteiger partial charge in [0.05, 0.1) is 23.2 Å². The van der Waals surface area contributed by atoms with Gasteiger partial charge < -0.3 is 64.9 Å². The van der Waals surface area contributed by atoms with Crippen molar-refractivity contribution >= 4 is 69.9 Å². The lowest BCUT2D eigenvalue weighted by atomic mass is 9.89. The van der Waals surface area contributed by atoms with Gasteiger partial charge in [-0.05, 0) is 72.5 Å². The van der Waals surface area contributed by atoms with E-state index in [1.807, 2.05) is 0 Å². The number of hydrogen-bond donors (Lipinski definition) is 12. The number of fused-ring (bicyclic) bond motifs is 2. The molecule has 33 heteroatoms. The normalized spacial score (nSPS) is 18.1. The molecule has 3 aromatic carbocycles. The van der Waals surface area contributed by atoms with E-state index in [0.717, 1.165) is 27.3 Å². The maximum Gasteiger partial charge on any atom is 0.340 e. The number of carboxylic acid groups (broad SMARTS) is 1. The topological polar surface area (TPSA) is 470 Å². The minimum absolute atomic E-state index is 0.0150. The highest BCUT2D eigenvalue weighted by molar-refractivity contribution is 7.86. The molecule has 0 spiro atoms. The van der Waals surface area contributed by atoms with Crippen molar-refractivity contribution in [2.45, 2.75) is 53.8 Å². The van der Waals surface area contributed by atoms with Gasteiger partial charge in [-0.3, -0.25) is 42.4 Å². The predicted molar refractivity (Wildman–Crippen MR) is 264 cm³/mol. The number of rotatable bonds is 20. The lowest BCUT2D eigenvalue weighted by Crippen LogP contribution is -2.42. The van der Waals surface area contributed by atoms with Crippen molar-refractivity contribution in [1.82, 2.24) is 19.8 Å². The van der Waals surface area contributed by atoms with Crippen LogP contribution in [0.3, 0.4) is 0 Å². The molecule has 77 heavy (non-hydrogen) atoms. The van der Waals surface area contributed by atoms with Crippen LogP contribution in [0.1, 0.15) is 55.7 Å². The molecule has 5 atom stereocenters. The number of aliphatic hydroxyl groups is 2. The lowest BCUT2D eigenvalue weighted by Gasteiger charge is -2.20. The molecule has 1 fully saturated rings. The monoisotopic (exact) mass is 1150 g/mol. The summed E-state index contributed by atoms with van der Waals surface area (Å²) in [5.41, 5.74) is 3.48. The molecule has 29 nitrogen and oxygen atoms in total. The summed E-state index contributed by atoms with van der Waals surface area (Å²) in [5, 5.41) is 47.9. The molecule has 1 saturated heterocycles. The second-order valence-corrected chi connectivity index (χ2v) is 23.9. The number of carboxylic acids is 1. The third kappa shape index (κ3) is 13.1. The van der Waals surface area contributed by atoms with Crippen molar-refractivity contribution in [2.75, 3.05) is 31.3 Å². The van der Waals surface area contributed by atoms with Crippen LogP contribution in [-0.2, 0) is 57.1 Å². The summed E-state index contributed by atoms with van der Waals surface area (Å²) in [6, 6.07) is 15.5. The van der Waals surface area contributed by atoms with Crippen molar-refractivity contribution in [2.24, 2.45) is 12.2 Å². The first kappa shape index (κ1) is 57.7. The van der Waals surface area contributed by atoms with Crippen molar-refractivity contribution in [3.05, 3.63) is 123 Å². The number of carbonyl (C=O) groups is 3. The third-order valence-corrected chi connectivity index (χ3v) is 17.0. The summed E-state index contributed by atoms with van der Waals surface area (Å²) in [6.45, 7) is -0.669. The highest BCUT2D eigenvalue weighted by Crippen LogP contribution is 2.55. The molecule has 7 rings (SSSR count). The number of benzene rings is 4. The molecule has 2 aliphatic heterocycles. The Balaban J connectivity index is 0.925. The van der Waals surface area contributed by atoms with E-state index in [4.69, 9.17) is 34.9 Å². The third-order valence-electron chi connectivity index (χ3n) is 11.7. The van der Waals surface area contributed by atoms with Crippen molar-refractivity contribution in [1.29, 1.82) is 5.41 Å². The predicted octanol–water partition coefficient (Wildman–Crippen LogP) is 0.887. The fraction of sp³-hybridized carbons (Fsp3) is 0.273. The second kappa shape index (κ2) is 22.6. The van der Waals surface area contributed by atoms with E-state index in [9.17, 15) is 74.5 Å². The molecule has 0 saturated carbocycles. The molecule has 0 bridgehead atoms. The number of hydrogen-bond acceptors (Lipinski definition) is 19. The zero-order valence-electron chi connectivity index (χ0n) is 39.7. The second-order valence-electron chi connectivity index (χ2n) is 17.2. The van der Waals surface area contributed by atoms with Gasteiger partial charge in [0.1, 0.15) is 24.9 Å². The van der Waals surface area contributed by atoms with Gasteiger partial charge in [0.25, 0.3) is 32.1 Å². The molecule has 3 aliphatic rings. The fourth-order valence-electron chi connectivity index (χ4n) is 8.10. The molecule has 2 amide bonds. The van der Waals surface area contributed by atoms with Gasteiger partial charge in [-0.15, -0.1) is 0 Å². The van der Waals surface area contributed by atoms with E-state index in [0.29, 0.717) is 24.0 Å². The number of nitrogen functional groups attached to an aromatic ring is 1. The van der Waals surface area contributed by atoms with E-state index in [1.165, 1.54) is 55.7 Å². The number of nitrogens with zero attached hydrogens (tertiary/aromatic N) is 3. The molecule has 13 N–H and O–H groups in total. The highest BCUT2D eigenvalue weighted by atomic mass is 32.2. The molecule has 412 valence electrons. The molecule has 3 unspecified atom stereocenters. The molecule has 4 aromatic rings. The maximum absolute atomic E-state index is 13.3. The number of nitrogens with one attached hydrogen (secondary N) is 3. The molecule has 0 radical (unpaired) electrons. The average Bonchev–Trinajstić information content (AvgIpc) is 3.67. The van der Waals surface area contributed by atoms with Crippen LogP contribution in [0.15, 0.2) is 103 Å². The number of unbranched alkanes of at least 4 members (excludes halogenated alkanes) is 1. The molecular formula is C44H47N7O22P2S2. The molecule has 1 aliphatic carbocycles. The van der Waals surface area contributed by atoms with Gasteiger partial charge in [-0.2, -0.15) is 16.8 Å². The Hall–Kier alpha value is -6.96. The summed E-state index contributed by atoms with van der Waals surface area (Å²) in [4.78, 5) is 83.0. The van der Waals surface area contributed by atoms with Crippen LogP contribution in [0.25, 0.3) is 33.4 Å². The SMILES string of the molecule is Cn1c(=O)n([C@@H]2O[C@H](COP(=O)(O)CP(=O)(O)O)C(O)C2O)cc/c1=N/OCc1ccc(C(=O)NCCCCNC(=O)c2ccc(-c3c4ccc(=N)c(S(=O)(=O)O)c-4oc4c(S(=O)(=O)O)c(N)ccc34)c(C(=O)O)c2)cc1. The molecule has 3 heterocycles. The number of aromatic nitrogens is 2. The molecular weight excluding hydrogens is 1100 g/mol. The number of nitrogens with two attached hydrogens (primary N) is 1. The first-order valence-corrected chi connectivity index (χ1v) is 28.7. The van der Waals surface area contributed by atoms with Gasteiger partial charge in [0.15, 0.2) is 38.8 Å². The quantitative estimate of drug-likeness (QED) is 0.0126. The van der Waals surface area contributed by atoms with Crippen molar-refractivity contribution in [3.63, 3.8) is 0 Å². The van der Waals surface area contributed by atoms with E-state index >= 15 is 0 Å². The minimum atomic E-state index is -5.24. The van der Waals surface area contributed by atoms with Gasteiger partial charge >= 0.3 is 26.9 Å². The van der Waals surface area contributed by atoms with Gasteiger partial charge in [0.2, 0.25) is 0 Å². The van der Waals surface area contributed by atoms with E-state index in [1.54, 1.807) is 12.1 Å². The number of carbonyl (C=O) groups excluding carboxylic acids is 2. The Labute approximate surface area is 433 Å². The van der Waals surface area contributed by atoms with E-state index in [2.05, 4.69) is 20.3 Å². The Morgan fingerprint density at radius 2 is 1.45 bits per heavy atom. The summed E-state index contributed by atoms with van der Waals surface area (Å²) in [7, 11) is -18.9. The number of ether oxygens (including phenoxy) is 1. The summed E-state index contributed by atoms with van der Waals surface area (Å²) in [6.07, 6.45) is -4.48. The Kier molecular flexibility index (Phi) is 16.9. The fourth-order valence-corrected chi connectivity index (χ4v) is 12.2. The van der Waals surface area contributed by atoms with Crippen LogP contribution in [0.4, 0.5) is 5.69 Å². The van der Waals surface area contributed by atoms with E-state index in [-0.39, 0.29) is 52.8 Å². The number of amides is 2. The average molecular weight is 1150 g/mol. The van der Waals surface area contributed by atoms with Crippen LogP contribution >= 0.6 is 15.2 Å². The van der Waals surface area contributed by atoms with Crippen LogP contribution in [0.5, 0.6) is 0 Å². The standard InChI is InChI=1S/C44H47N7O22P2S2/c1-50-32(14-17-51(44(50)58)42-35(53)34(52)31(72-42)20-71-75(62,63)21-74(59,60)61)49-70-19-22-4-6-23(7-5-22)40(54)47-15-2-3-16-48-41(55)24-8-9-25(28(18-24)43(56)57)33-26-10-12-29(45)38(76(64,65)66)36(26)73-37-27(33)11-13-30(46)39(37)77(67,68)69/h4-14,17-18,31,34-35,42,45,52-53H,2-3,15-16,19-21,46H2,1H3,(H,47,54)(H,48,55)(H,56,57)(H,62,63)(H2,59,60,61)(H,64,65,66)(H,67,68,69)/b45-29?,49-32-/t31-,34?,35?,42-/m1/s1. The zero-order valence-corrected chi connectivity index (χ0v) is 43.1. The first-order valence-electron chi connectivity index (χ1n) is 22.3. The van der Waals surface area contributed by atoms with Crippen LogP contribution in [-0.4, -0.2) is 127 Å². The lowest BCUT2D eigenvalue weighted by molar-refractivity contribution is -0.0530. The van der Waals surface area contributed by atoms with Gasteiger partial charge in [-0.25, -0.2) is 9.59 Å². The van der Waals surface area contributed by atoms with Crippen LogP contribution < -0.4 is 32.9 Å². The summed E-state index contributed by atoms with van der Waals surface area (Å²) >= 11 is 0. The van der Waals surface area contributed by atoms with Crippen molar-refractivity contribution in [3.8, 4) is 22.5 Å². The highest BCUT2D eigenvalue weighted by Gasteiger charge is 2.45. The smallest absolute Gasteiger partial charge is 0.340 e. The number of aromatic carboxylic acids is 1. The Morgan fingerprint density at radius 3 is 2.06 bits per heavy atom. The number of aliphatic hydroxyl groups excluding tert-OH is 2. The first-order chi connectivity index (χ1) is 36.0. The Morgan fingerprint density at radius 1 is 0.844 bits per heavy atom. The summed E-state index contributed by atoms with van der Waals surface area (Å²) < 4.78 is 111.